The molecule has 0 bridgehead atoms. The molecule has 2 aromatic rings. The summed E-state index contributed by atoms with van der Waals surface area (Å²) in [6.45, 7) is 3.93. The van der Waals surface area contributed by atoms with E-state index in [4.69, 9.17) is 4.74 Å². The molecule has 1 N–H and O–H groups in total. The van der Waals surface area contributed by atoms with Crippen molar-refractivity contribution in [1.29, 1.82) is 0 Å². The van der Waals surface area contributed by atoms with E-state index in [9.17, 15) is 5.11 Å². The third-order valence-corrected chi connectivity index (χ3v) is 2.44. The fourth-order valence-corrected chi connectivity index (χ4v) is 1.67. The van der Waals surface area contributed by atoms with Crippen LogP contribution in [0.3, 0.4) is 0 Å². The number of aliphatic hydroxyl groups excluding tert-OH is 1. The van der Waals surface area contributed by atoms with E-state index in [0.717, 1.165) is 11.3 Å². The fraction of sp³-hybridized carbons (Fsp3) is 0.286. The zero-order chi connectivity index (χ0) is 13.0. The predicted octanol–water partition coefficient (Wildman–Crippen LogP) is 2.35. The first-order chi connectivity index (χ1) is 8.66. The Labute approximate surface area is 106 Å². The van der Waals surface area contributed by atoms with Crippen LogP contribution >= 0.6 is 0 Å². The van der Waals surface area contributed by atoms with Crippen LogP contribution in [0.15, 0.2) is 43.0 Å². The molecule has 2 rings (SSSR count). The largest absolute Gasteiger partial charge is 0.491 e. The van der Waals surface area contributed by atoms with Gasteiger partial charge in [-0.15, -0.1) is 0 Å². The summed E-state index contributed by atoms with van der Waals surface area (Å²) in [5.74, 6) is 0.749. The second-order valence-corrected chi connectivity index (χ2v) is 4.31. The van der Waals surface area contributed by atoms with Crippen LogP contribution in [0, 0.1) is 0 Å². The lowest BCUT2D eigenvalue weighted by Crippen LogP contribution is -2.06. The highest BCUT2D eigenvalue weighted by molar-refractivity contribution is 5.33. The molecule has 0 spiro atoms. The van der Waals surface area contributed by atoms with Crippen LogP contribution in [0.1, 0.15) is 31.1 Å². The van der Waals surface area contributed by atoms with E-state index < -0.39 is 6.10 Å². The molecule has 18 heavy (non-hydrogen) atoms. The van der Waals surface area contributed by atoms with Crippen LogP contribution in [-0.2, 0) is 0 Å². The number of nitrogens with zero attached hydrogens (tertiary/aromatic N) is 2. The Morgan fingerprint density at radius 3 is 2.50 bits per heavy atom. The number of benzene rings is 1. The molecule has 4 heteroatoms. The van der Waals surface area contributed by atoms with Crippen LogP contribution in [-0.4, -0.2) is 21.2 Å². The van der Waals surface area contributed by atoms with Crippen LogP contribution in [0.5, 0.6) is 5.75 Å². The average molecular weight is 244 g/mol. The van der Waals surface area contributed by atoms with Gasteiger partial charge in [0.05, 0.1) is 6.10 Å². The lowest BCUT2D eigenvalue weighted by molar-refractivity contribution is 0.215. The highest BCUT2D eigenvalue weighted by Crippen LogP contribution is 2.24. The summed E-state index contributed by atoms with van der Waals surface area (Å²) < 4.78 is 5.60. The summed E-state index contributed by atoms with van der Waals surface area (Å²) in [7, 11) is 0. The van der Waals surface area contributed by atoms with E-state index in [0.29, 0.717) is 5.56 Å². The van der Waals surface area contributed by atoms with E-state index in [1.54, 1.807) is 12.4 Å². The number of ether oxygens (including phenoxy) is 1. The molecule has 0 aliphatic carbocycles. The van der Waals surface area contributed by atoms with Gasteiger partial charge in [0.1, 0.15) is 18.2 Å². The lowest BCUT2D eigenvalue weighted by Gasteiger charge is -2.14. The highest BCUT2D eigenvalue weighted by atomic mass is 16.5. The van der Waals surface area contributed by atoms with Crippen molar-refractivity contribution in [3.8, 4) is 5.75 Å². The van der Waals surface area contributed by atoms with Crippen molar-refractivity contribution < 1.29 is 9.84 Å². The first-order valence-corrected chi connectivity index (χ1v) is 5.86. The topological polar surface area (TPSA) is 55.2 Å². The van der Waals surface area contributed by atoms with Crippen molar-refractivity contribution in [2.45, 2.75) is 26.1 Å². The zero-order valence-electron chi connectivity index (χ0n) is 10.4. The monoisotopic (exact) mass is 244 g/mol. The first-order valence-electron chi connectivity index (χ1n) is 5.86. The van der Waals surface area contributed by atoms with Crippen molar-refractivity contribution in [2.24, 2.45) is 0 Å². The number of aliphatic hydroxyl groups is 1. The second-order valence-electron chi connectivity index (χ2n) is 4.31. The standard InChI is InChI=1S/C14H16N2O2/c1-10(2)18-13-5-3-4-11(6-13)14(17)12-7-15-9-16-8-12/h3-10,14,17H,1-2H3. The van der Waals surface area contributed by atoms with Crippen molar-refractivity contribution >= 4 is 0 Å². The molecule has 1 unspecified atom stereocenters. The zero-order valence-corrected chi connectivity index (χ0v) is 10.4. The first kappa shape index (κ1) is 12.5. The van der Waals surface area contributed by atoms with Gasteiger partial charge < -0.3 is 9.84 Å². The van der Waals surface area contributed by atoms with Crippen LogP contribution in [0.25, 0.3) is 0 Å². The van der Waals surface area contributed by atoms with E-state index >= 15 is 0 Å². The highest BCUT2D eigenvalue weighted by Gasteiger charge is 2.11. The Bertz CT molecular complexity index is 500. The second kappa shape index (κ2) is 5.60. The fourth-order valence-electron chi connectivity index (χ4n) is 1.67. The predicted molar refractivity (Wildman–Crippen MR) is 68.3 cm³/mol. The number of hydrogen-bond acceptors (Lipinski definition) is 4. The minimum absolute atomic E-state index is 0.109. The third kappa shape index (κ3) is 3.05. The van der Waals surface area contributed by atoms with E-state index in [-0.39, 0.29) is 6.10 Å². The van der Waals surface area contributed by atoms with Gasteiger partial charge in [0.25, 0.3) is 0 Å². The molecule has 1 aromatic carbocycles. The van der Waals surface area contributed by atoms with Crippen molar-refractivity contribution in [3.63, 3.8) is 0 Å². The summed E-state index contributed by atoms with van der Waals surface area (Å²) >= 11 is 0. The Balaban J connectivity index is 2.23. The van der Waals surface area contributed by atoms with Crippen LogP contribution in [0.2, 0.25) is 0 Å². The number of aromatic nitrogens is 2. The lowest BCUT2D eigenvalue weighted by atomic mass is 10.0. The molecule has 1 atom stereocenters. The van der Waals surface area contributed by atoms with E-state index in [1.807, 2.05) is 38.1 Å². The van der Waals surface area contributed by atoms with Gasteiger partial charge in [-0.2, -0.15) is 0 Å². The Morgan fingerprint density at radius 2 is 1.83 bits per heavy atom. The molecule has 0 saturated carbocycles. The van der Waals surface area contributed by atoms with Gasteiger partial charge in [0.15, 0.2) is 0 Å². The molecule has 0 aliphatic rings. The van der Waals surface area contributed by atoms with Gasteiger partial charge in [-0.05, 0) is 31.5 Å². The summed E-state index contributed by atoms with van der Waals surface area (Å²) in [4.78, 5) is 7.80. The molecule has 0 radical (unpaired) electrons. The molecular weight excluding hydrogens is 228 g/mol. The van der Waals surface area contributed by atoms with Gasteiger partial charge in [-0.25, -0.2) is 9.97 Å². The minimum Gasteiger partial charge on any atom is -0.491 e. The maximum absolute atomic E-state index is 10.2. The van der Waals surface area contributed by atoms with Gasteiger partial charge in [0, 0.05) is 18.0 Å². The molecule has 1 aromatic heterocycles. The molecule has 4 nitrogen and oxygen atoms in total. The van der Waals surface area contributed by atoms with Crippen molar-refractivity contribution in [2.75, 3.05) is 0 Å². The number of rotatable bonds is 4. The SMILES string of the molecule is CC(C)Oc1cccc(C(O)c2cncnc2)c1. The molecule has 94 valence electrons. The van der Waals surface area contributed by atoms with Gasteiger partial charge in [-0.1, -0.05) is 12.1 Å². The maximum atomic E-state index is 10.2. The van der Waals surface area contributed by atoms with Gasteiger partial charge in [0.2, 0.25) is 0 Å². The van der Waals surface area contributed by atoms with Gasteiger partial charge >= 0.3 is 0 Å². The van der Waals surface area contributed by atoms with Crippen LogP contribution < -0.4 is 4.74 Å². The Kier molecular flexibility index (Phi) is 3.89. The smallest absolute Gasteiger partial charge is 0.120 e. The van der Waals surface area contributed by atoms with Crippen molar-refractivity contribution in [3.05, 3.63) is 54.1 Å². The molecule has 1 heterocycles. The Hall–Kier alpha value is -1.94. The summed E-state index contributed by atoms with van der Waals surface area (Å²) in [6.07, 6.45) is 4.02. The van der Waals surface area contributed by atoms with E-state index in [2.05, 4.69) is 9.97 Å². The molecule has 0 aliphatic heterocycles. The quantitative estimate of drug-likeness (QED) is 0.897. The Morgan fingerprint density at radius 1 is 1.11 bits per heavy atom. The number of hydrogen-bond donors (Lipinski definition) is 1. The molecule has 0 fully saturated rings. The summed E-state index contributed by atoms with van der Waals surface area (Å²) in [5.41, 5.74) is 1.43. The van der Waals surface area contributed by atoms with E-state index in [1.165, 1.54) is 6.33 Å². The normalized spacial score (nSPS) is 12.4. The van der Waals surface area contributed by atoms with Crippen LogP contribution in [0.4, 0.5) is 0 Å². The maximum Gasteiger partial charge on any atom is 0.120 e. The molecule has 0 amide bonds. The third-order valence-electron chi connectivity index (χ3n) is 2.44. The summed E-state index contributed by atoms with van der Waals surface area (Å²) in [6, 6.07) is 7.42. The summed E-state index contributed by atoms with van der Waals surface area (Å²) in [5, 5.41) is 10.2. The van der Waals surface area contributed by atoms with Crippen molar-refractivity contribution in [1.82, 2.24) is 9.97 Å². The minimum atomic E-state index is -0.734. The average Bonchev–Trinajstić information content (AvgIpc) is 2.38. The molecule has 0 saturated heterocycles. The van der Waals surface area contributed by atoms with Gasteiger partial charge in [-0.3, -0.25) is 0 Å². The molecular formula is C14H16N2O2.